The number of ether oxygens (including phenoxy) is 1. The molecule has 0 fully saturated rings. The van der Waals surface area contributed by atoms with Gasteiger partial charge >= 0.3 is 0 Å². The van der Waals surface area contributed by atoms with Crippen LogP contribution in [0.4, 0.5) is 0 Å². The summed E-state index contributed by atoms with van der Waals surface area (Å²) in [7, 11) is 0. The number of amides is 2. The Hall–Kier alpha value is -2.67. The van der Waals surface area contributed by atoms with Gasteiger partial charge in [0, 0.05) is 10.0 Å². The van der Waals surface area contributed by atoms with Gasteiger partial charge < -0.3 is 10.1 Å². The monoisotopic (exact) mass is 431 g/mol. The SMILES string of the molecule is CCCCOc1ccc(C(=O)NCC(=O)N/N=C\c2cccc(Br)c2)cc1. The highest BCUT2D eigenvalue weighted by atomic mass is 79.9. The Morgan fingerprint density at radius 1 is 1.19 bits per heavy atom. The van der Waals surface area contributed by atoms with E-state index in [1.54, 1.807) is 24.3 Å². The van der Waals surface area contributed by atoms with Crippen molar-refractivity contribution in [3.05, 3.63) is 64.1 Å². The maximum absolute atomic E-state index is 12.1. The van der Waals surface area contributed by atoms with Crippen molar-refractivity contribution in [2.24, 2.45) is 5.10 Å². The zero-order valence-corrected chi connectivity index (χ0v) is 16.7. The topological polar surface area (TPSA) is 79.8 Å². The van der Waals surface area contributed by atoms with Gasteiger partial charge in [-0.15, -0.1) is 0 Å². The minimum Gasteiger partial charge on any atom is -0.494 e. The van der Waals surface area contributed by atoms with E-state index in [2.05, 4.69) is 38.7 Å². The van der Waals surface area contributed by atoms with Gasteiger partial charge in [0.25, 0.3) is 11.8 Å². The maximum atomic E-state index is 12.1. The Kier molecular flexibility index (Phi) is 8.51. The first kappa shape index (κ1) is 20.6. The molecule has 2 aromatic carbocycles. The molecule has 27 heavy (non-hydrogen) atoms. The van der Waals surface area contributed by atoms with Gasteiger partial charge in [-0.25, -0.2) is 5.43 Å². The predicted octanol–water partition coefficient (Wildman–Crippen LogP) is 3.51. The first-order valence-corrected chi connectivity index (χ1v) is 9.46. The summed E-state index contributed by atoms with van der Waals surface area (Å²) in [6.07, 6.45) is 3.58. The third-order valence-electron chi connectivity index (χ3n) is 3.54. The van der Waals surface area contributed by atoms with Gasteiger partial charge in [0.1, 0.15) is 5.75 Å². The number of halogens is 1. The number of carbonyl (C=O) groups is 2. The van der Waals surface area contributed by atoms with E-state index in [9.17, 15) is 9.59 Å². The maximum Gasteiger partial charge on any atom is 0.259 e. The fourth-order valence-corrected chi connectivity index (χ4v) is 2.52. The lowest BCUT2D eigenvalue weighted by atomic mass is 10.2. The van der Waals surface area contributed by atoms with Crippen molar-refractivity contribution >= 4 is 34.0 Å². The van der Waals surface area contributed by atoms with Crippen molar-refractivity contribution < 1.29 is 14.3 Å². The summed E-state index contributed by atoms with van der Waals surface area (Å²) < 4.78 is 6.48. The second-order valence-corrected chi connectivity index (χ2v) is 6.67. The third-order valence-corrected chi connectivity index (χ3v) is 4.04. The molecule has 0 radical (unpaired) electrons. The van der Waals surface area contributed by atoms with E-state index < -0.39 is 5.91 Å². The van der Waals surface area contributed by atoms with Crippen LogP contribution in [0.2, 0.25) is 0 Å². The van der Waals surface area contributed by atoms with Gasteiger partial charge in [-0.2, -0.15) is 5.10 Å². The molecular weight excluding hydrogens is 410 g/mol. The summed E-state index contributed by atoms with van der Waals surface area (Å²) in [5, 5.41) is 6.42. The number of hydrazone groups is 1. The number of unbranched alkanes of at least 4 members (excludes halogenated alkanes) is 1. The minimum absolute atomic E-state index is 0.163. The van der Waals surface area contributed by atoms with E-state index in [4.69, 9.17) is 4.74 Å². The molecule has 142 valence electrons. The summed E-state index contributed by atoms with van der Waals surface area (Å²) in [5.41, 5.74) is 3.68. The third kappa shape index (κ3) is 7.62. The van der Waals surface area contributed by atoms with E-state index in [1.165, 1.54) is 6.21 Å². The lowest BCUT2D eigenvalue weighted by Crippen LogP contribution is -2.34. The first-order valence-electron chi connectivity index (χ1n) is 8.67. The first-order chi connectivity index (χ1) is 13.1. The largest absolute Gasteiger partial charge is 0.494 e. The Labute approximate surface area is 167 Å². The number of hydrogen-bond donors (Lipinski definition) is 2. The van der Waals surface area contributed by atoms with E-state index in [1.807, 2.05) is 24.3 Å². The number of hydrogen-bond acceptors (Lipinski definition) is 4. The van der Waals surface area contributed by atoms with Crippen molar-refractivity contribution in [1.29, 1.82) is 0 Å². The van der Waals surface area contributed by atoms with Crippen molar-refractivity contribution in [1.82, 2.24) is 10.7 Å². The lowest BCUT2D eigenvalue weighted by molar-refractivity contribution is -0.120. The van der Waals surface area contributed by atoms with Crippen molar-refractivity contribution in [3.8, 4) is 5.75 Å². The van der Waals surface area contributed by atoms with Crippen molar-refractivity contribution in [3.63, 3.8) is 0 Å². The van der Waals surface area contributed by atoms with Gasteiger partial charge in [0.2, 0.25) is 0 Å². The standard InChI is InChI=1S/C20H22BrN3O3/c1-2-3-11-27-18-9-7-16(8-10-18)20(26)22-14-19(25)24-23-13-15-5-4-6-17(21)12-15/h4-10,12-13H,2-3,11,14H2,1H3,(H,22,26)(H,24,25)/b23-13-. The summed E-state index contributed by atoms with van der Waals surface area (Å²) in [5.74, 6) is -0.0185. The zero-order chi connectivity index (χ0) is 19.5. The summed E-state index contributed by atoms with van der Waals surface area (Å²) in [6, 6.07) is 14.3. The van der Waals surface area contributed by atoms with Crippen LogP contribution >= 0.6 is 15.9 Å². The molecule has 6 nitrogen and oxygen atoms in total. The molecule has 0 aliphatic carbocycles. The van der Waals surface area contributed by atoms with Gasteiger partial charge in [-0.3, -0.25) is 9.59 Å². The van der Waals surface area contributed by atoms with Crippen LogP contribution in [-0.4, -0.2) is 31.2 Å². The summed E-state index contributed by atoms with van der Waals surface area (Å²) in [6.45, 7) is 2.59. The molecular formula is C20H22BrN3O3. The highest BCUT2D eigenvalue weighted by Crippen LogP contribution is 2.12. The van der Waals surface area contributed by atoms with Crippen LogP contribution in [0.3, 0.4) is 0 Å². The Balaban J connectivity index is 1.75. The molecule has 2 N–H and O–H groups in total. The lowest BCUT2D eigenvalue weighted by Gasteiger charge is -2.07. The van der Waals surface area contributed by atoms with Crippen LogP contribution in [0.25, 0.3) is 0 Å². The molecule has 2 amide bonds. The molecule has 0 spiro atoms. The minimum atomic E-state index is -0.408. The molecule has 0 bridgehead atoms. The molecule has 0 unspecified atom stereocenters. The molecule has 0 aliphatic rings. The molecule has 0 aliphatic heterocycles. The van der Waals surface area contributed by atoms with E-state index in [0.717, 1.165) is 28.6 Å². The summed E-state index contributed by atoms with van der Waals surface area (Å²) >= 11 is 3.36. The molecule has 0 atom stereocenters. The Morgan fingerprint density at radius 3 is 2.67 bits per heavy atom. The molecule has 2 rings (SSSR count). The Morgan fingerprint density at radius 2 is 1.96 bits per heavy atom. The van der Waals surface area contributed by atoms with Crippen LogP contribution in [-0.2, 0) is 4.79 Å². The zero-order valence-electron chi connectivity index (χ0n) is 15.1. The van der Waals surface area contributed by atoms with Crippen LogP contribution in [0.1, 0.15) is 35.7 Å². The number of benzene rings is 2. The number of nitrogens with zero attached hydrogens (tertiary/aromatic N) is 1. The number of carbonyl (C=O) groups excluding carboxylic acids is 2. The van der Waals surface area contributed by atoms with Gasteiger partial charge in [-0.05, 0) is 48.4 Å². The second kappa shape index (κ2) is 11.1. The normalized spacial score (nSPS) is 10.6. The highest BCUT2D eigenvalue weighted by Gasteiger charge is 2.07. The molecule has 0 saturated carbocycles. The van der Waals surface area contributed by atoms with Gasteiger partial charge in [-0.1, -0.05) is 41.4 Å². The molecule has 7 heteroatoms. The molecule has 0 saturated heterocycles. The highest BCUT2D eigenvalue weighted by molar-refractivity contribution is 9.10. The fraction of sp³-hybridized carbons (Fsp3) is 0.250. The second-order valence-electron chi connectivity index (χ2n) is 5.76. The van der Waals surface area contributed by atoms with Crippen LogP contribution in [0.15, 0.2) is 58.1 Å². The molecule has 0 heterocycles. The van der Waals surface area contributed by atoms with E-state index in [-0.39, 0.29) is 12.5 Å². The fourth-order valence-electron chi connectivity index (χ4n) is 2.10. The molecule has 2 aromatic rings. The average Bonchev–Trinajstić information content (AvgIpc) is 2.67. The van der Waals surface area contributed by atoms with Crippen LogP contribution in [0, 0.1) is 0 Å². The van der Waals surface area contributed by atoms with Crippen molar-refractivity contribution in [2.45, 2.75) is 19.8 Å². The van der Waals surface area contributed by atoms with Crippen LogP contribution < -0.4 is 15.5 Å². The van der Waals surface area contributed by atoms with Gasteiger partial charge in [0.15, 0.2) is 0 Å². The number of rotatable bonds is 9. The van der Waals surface area contributed by atoms with Crippen molar-refractivity contribution in [2.75, 3.05) is 13.2 Å². The van der Waals surface area contributed by atoms with Crippen LogP contribution in [0.5, 0.6) is 5.75 Å². The average molecular weight is 432 g/mol. The predicted molar refractivity (Wildman–Crippen MR) is 109 cm³/mol. The van der Waals surface area contributed by atoms with E-state index in [0.29, 0.717) is 12.2 Å². The Bertz CT molecular complexity index is 791. The quantitative estimate of drug-likeness (QED) is 0.362. The molecule has 0 aromatic heterocycles. The van der Waals surface area contributed by atoms with Gasteiger partial charge in [0.05, 0.1) is 19.4 Å². The summed E-state index contributed by atoms with van der Waals surface area (Å²) in [4.78, 5) is 23.8. The number of nitrogens with one attached hydrogen (secondary N) is 2. The van der Waals surface area contributed by atoms with E-state index >= 15 is 0 Å². The smallest absolute Gasteiger partial charge is 0.259 e.